The van der Waals surface area contributed by atoms with Crippen LogP contribution in [0.25, 0.3) is 0 Å². The minimum atomic E-state index is -0.330. The largest absolute Gasteiger partial charge is 0.388 e. The van der Waals surface area contributed by atoms with Gasteiger partial charge < -0.3 is 5.11 Å². The zero-order valence-electron chi connectivity index (χ0n) is 10.7. The molecule has 0 heterocycles. The van der Waals surface area contributed by atoms with Crippen molar-refractivity contribution in [3.8, 4) is 0 Å². The number of rotatable bonds is 3. The molecule has 1 aromatic carbocycles. The molecule has 1 N–H and O–H groups in total. The van der Waals surface area contributed by atoms with Gasteiger partial charge in [0.1, 0.15) is 0 Å². The van der Waals surface area contributed by atoms with Crippen LogP contribution < -0.4 is 0 Å². The lowest BCUT2D eigenvalue weighted by Gasteiger charge is -2.34. The first-order valence-electron chi connectivity index (χ1n) is 6.76. The monoisotopic (exact) mass is 374 g/mol. The third kappa shape index (κ3) is 3.37. The number of benzene rings is 1. The highest BCUT2D eigenvalue weighted by Gasteiger charge is 2.30. The molecule has 0 saturated heterocycles. The fraction of sp³-hybridized carbons (Fsp3) is 0.600. The van der Waals surface area contributed by atoms with E-state index in [1.54, 1.807) is 0 Å². The molecule has 0 aromatic heterocycles. The van der Waals surface area contributed by atoms with E-state index < -0.39 is 0 Å². The third-order valence-corrected chi connectivity index (χ3v) is 5.04. The Morgan fingerprint density at radius 1 is 1.17 bits per heavy atom. The number of aliphatic hydroxyl groups is 1. The van der Waals surface area contributed by atoms with E-state index in [2.05, 4.69) is 38.8 Å². The summed E-state index contributed by atoms with van der Waals surface area (Å²) in [4.78, 5) is 0. The van der Waals surface area contributed by atoms with Gasteiger partial charge in [0, 0.05) is 8.95 Å². The maximum absolute atomic E-state index is 10.7. The standard InChI is InChI=1S/C15H20Br2O/c1-2-10-5-3-4-6-14(10)15(18)11-7-12(16)9-13(17)8-11/h7-10,14-15,18H,2-6H2,1H3. The molecule has 18 heavy (non-hydrogen) atoms. The maximum Gasteiger partial charge on any atom is 0.0821 e. The van der Waals surface area contributed by atoms with Gasteiger partial charge in [0.05, 0.1) is 6.10 Å². The average Bonchev–Trinajstić information content (AvgIpc) is 2.36. The first-order chi connectivity index (χ1) is 8.61. The molecule has 0 spiro atoms. The molecule has 3 atom stereocenters. The number of hydrogen-bond donors (Lipinski definition) is 1. The molecule has 1 aliphatic rings. The van der Waals surface area contributed by atoms with Crippen molar-refractivity contribution in [3.05, 3.63) is 32.7 Å². The van der Waals surface area contributed by atoms with E-state index in [1.165, 1.54) is 25.7 Å². The van der Waals surface area contributed by atoms with E-state index in [9.17, 15) is 5.11 Å². The van der Waals surface area contributed by atoms with Gasteiger partial charge in [-0.1, -0.05) is 64.5 Å². The second kappa shape index (κ2) is 6.53. The van der Waals surface area contributed by atoms with Crippen molar-refractivity contribution < 1.29 is 5.11 Å². The molecule has 1 aromatic rings. The van der Waals surface area contributed by atoms with Crippen LogP contribution in [0.2, 0.25) is 0 Å². The van der Waals surface area contributed by atoms with Gasteiger partial charge in [0.15, 0.2) is 0 Å². The highest BCUT2D eigenvalue weighted by molar-refractivity contribution is 9.11. The highest BCUT2D eigenvalue weighted by atomic mass is 79.9. The van der Waals surface area contributed by atoms with Crippen LogP contribution in [-0.2, 0) is 0 Å². The SMILES string of the molecule is CCC1CCCCC1C(O)c1cc(Br)cc(Br)c1. The molecule has 0 aliphatic heterocycles. The van der Waals surface area contributed by atoms with Crippen LogP contribution in [-0.4, -0.2) is 5.11 Å². The Morgan fingerprint density at radius 2 is 1.78 bits per heavy atom. The molecule has 1 saturated carbocycles. The molecule has 3 unspecified atom stereocenters. The average molecular weight is 376 g/mol. The summed E-state index contributed by atoms with van der Waals surface area (Å²) in [5, 5.41) is 10.7. The molecule has 0 radical (unpaired) electrons. The van der Waals surface area contributed by atoms with Crippen molar-refractivity contribution in [1.29, 1.82) is 0 Å². The lowest BCUT2D eigenvalue weighted by atomic mass is 9.73. The van der Waals surface area contributed by atoms with E-state index in [1.807, 2.05) is 18.2 Å². The van der Waals surface area contributed by atoms with Gasteiger partial charge in [-0.15, -0.1) is 0 Å². The summed E-state index contributed by atoms with van der Waals surface area (Å²) in [5.74, 6) is 1.09. The minimum absolute atomic E-state index is 0.330. The summed E-state index contributed by atoms with van der Waals surface area (Å²) in [6.07, 6.45) is 5.86. The summed E-state index contributed by atoms with van der Waals surface area (Å²) >= 11 is 6.99. The van der Waals surface area contributed by atoms with Crippen LogP contribution in [0.5, 0.6) is 0 Å². The number of halogens is 2. The molecular weight excluding hydrogens is 356 g/mol. The first-order valence-corrected chi connectivity index (χ1v) is 8.34. The summed E-state index contributed by atoms with van der Waals surface area (Å²) in [6.45, 7) is 2.24. The smallest absolute Gasteiger partial charge is 0.0821 e. The van der Waals surface area contributed by atoms with Crippen molar-refractivity contribution in [3.63, 3.8) is 0 Å². The predicted octanol–water partition coefficient (Wildman–Crippen LogP) is 5.46. The second-order valence-corrected chi connectivity index (χ2v) is 7.10. The van der Waals surface area contributed by atoms with Crippen molar-refractivity contribution in [1.82, 2.24) is 0 Å². The molecule has 3 heteroatoms. The molecule has 100 valence electrons. The Kier molecular flexibility index (Phi) is 5.28. The number of aliphatic hydroxyl groups excluding tert-OH is 1. The number of hydrogen-bond acceptors (Lipinski definition) is 1. The molecule has 1 nitrogen and oxygen atoms in total. The van der Waals surface area contributed by atoms with Crippen molar-refractivity contribution in [2.75, 3.05) is 0 Å². The van der Waals surface area contributed by atoms with Gasteiger partial charge in [-0.2, -0.15) is 0 Å². The van der Waals surface area contributed by atoms with Gasteiger partial charge in [-0.25, -0.2) is 0 Å². The predicted molar refractivity (Wildman–Crippen MR) is 82.5 cm³/mol. The van der Waals surface area contributed by atoms with Gasteiger partial charge in [-0.3, -0.25) is 0 Å². The third-order valence-electron chi connectivity index (χ3n) is 4.12. The maximum atomic E-state index is 10.7. The lowest BCUT2D eigenvalue weighted by molar-refractivity contribution is 0.0451. The Hall–Kier alpha value is 0.140. The van der Waals surface area contributed by atoms with E-state index >= 15 is 0 Å². The van der Waals surface area contributed by atoms with Crippen LogP contribution >= 0.6 is 31.9 Å². The zero-order valence-corrected chi connectivity index (χ0v) is 13.9. The minimum Gasteiger partial charge on any atom is -0.388 e. The Bertz CT molecular complexity index is 385. The zero-order chi connectivity index (χ0) is 13.1. The molecule has 0 bridgehead atoms. The van der Waals surface area contributed by atoms with E-state index in [-0.39, 0.29) is 6.10 Å². The fourth-order valence-electron chi connectivity index (χ4n) is 3.15. The molecule has 1 aliphatic carbocycles. The van der Waals surface area contributed by atoms with E-state index in [4.69, 9.17) is 0 Å². The fourth-order valence-corrected chi connectivity index (χ4v) is 4.48. The topological polar surface area (TPSA) is 20.2 Å². The first kappa shape index (κ1) is 14.5. The van der Waals surface area contributed by atoms with Crippen LogP contribution in [0.15, 0.2) is 27.1 Å². The molecule has 1 fully saturated rings. The van der Waals surface area contributed by atoms with Crippen LogP contribution in [0.1, 0.15) is 50.7 Å². The van der Waals surface area contributed by atoms with E-state index in [0.29, 0.717) is 11.8 Å². The molecule has 0 amide bonds. The van der Waals surface area contributed by atoms with E-state index in [0.717, 1.165) is 20.9 Å². The van der Waals surface area contributed by atoms with Crippen LogP contribution in [0.3, 0.4) is 0 Å². The van der Waals surface area contributed by atoms with Crippen molar-refractivity contribution >= 4 is 31.9 Å². The Labute approximate surface area is 126 Å². The summed E-state index contributed by atoms with van der Waals surface area (Å²) in [7, 11) is 0. The van der Waals surface area contributed by atoms with Crippen molar-refractivity contribution in [2.45, 2.75) is 45.1 Å². The van der Waals surface area contributed by atoms with Crippen LogP contribution in [0.4, 0.5) is 0 Å². The Balaban J connectivity index is 2.20. The van der Waals surface area contributed by atoms with Crippen LogP contribution in [0, 0.1) is 11.8 Å². The molecular formula is C15H20Br2O. The normalized spacial score (nSPS) is 26.0. The Morgan fingerprint density at radius 3 is 2.39 bits per heavy atom. The van der Waals surface area contributed by atoms with Gasteiger partial charge in [0.2, 0.25) is 0 Å². The lowest BCUT2D eigenvalue weighted by Crippen LogP contribution is -2.25. The van der Waals surface area contributed by atoms with Gasteiger partial charge >= 0.3 is 0 Å². The van der Waals surface area contributed by atoms with Crippen molar-refractivity contribution in [2.24, 2.45) is 11.8 Å². The molecule has 2 rings (SSSR count). The summed E-state index contributed by atoms with van der Waals surface area (Å²) in [5.41, 5.74) is 1.03. The summed E-state index contributed by atoms with van der Waals surface area (Å²) in [6, 6.07) is 6.09. The second-order valence-electron chi connectivity index (χ2n) is 5.26. The summed E-state index contributed by atoms with van der Waals surface area (Å²) < 4.78 is 2.05. The quantitative estimate of drug-likeness (QED) is 0.743. The van der Waals surface area contributed by atoms with Gasteiger partial charge in [-0.05, 0) is 42.0 Å². The van der Waals surface area contributed by atoms with Gasteiger partial charge in [0.25, 0.3) is 0 Å². The highest BCUT2D eigenvalue weighted by Crippen LogP contribution is 2.41.